The van der Waals surface area contributed by atoms with Gasteiger partial charge < -0.3 is 30.3 Å². The predicted octanol–water partition coefficient (Wildman–Crippen LogP) is 0.755. The van der Waals surface area contributed by atoms with Crippen LogP contribution in [0.15, 0.2) is 22.7 Å². The minimum atomic E-state index is -1.84. The Morgan fingerprint density at radius 3 is 1.86 bits per heavy atom. The lowest BCUT2D eigenvalue weighted by Crippen LogP contribution is -2.72. The Bertz CT molecular complexity index is 471. The highest BCUT2D eigenvalue weighted by Crippen LogP contribution is 2.50. The van der Waals surface area contributed by atoms with E-state index in [9.17, 15) is 25.5 Å². The van der Waals surface area contributed by atoms with Crippen molar-refractivity contribution in [1.82, 2.24) is 0 Å². The predicted molar refractivity (Wildman–Crippen MR) is 77.5 cm³/mol. The summed E-state index contributed by atoms with van der Waals surface area (Å²) in [5.41, 5.74) is -1.90. The van der Waals surface area contributed by atoms with Crippen molar-refractivity contribution in [3.63, 3.8) is 0 Å². The molecule has 6 heteroatoms. The lowest BCUT2D eigenvalue weighted by atomic mass is 9.70. The largest absolute Gasteiger partial charge is 0.510 e. The molecule has 1 aliphatic rings. The number of hydrogen-bond donors (Lipinski definition) is 5. The fraction of sp³-hybridized carbons (Fsp3) is 0.733. The van der Waals surface area contributed by atoms with E-state index in [0.717, 1.165) is 0 Å². The average molecular weight is 302 g/mol. The first-order chi connectivity index (χ1) is 9.37. The van der Waals surface area contributed by atoms with Crippen LogP contribution in [0.25, 0.3) is 0 Å². The number of rotatable bonds is 4. The molecule has 5 N–H and O–H groups in total. The number of aliphatic hydroxyl groups is 5. The molecule has 1 fully saturated rings. The highest BCUT2D eigenvalue weighted by atomic mass is 16.6. The van der Waals surface area contributed by atoms with Crippen molar-refractivity contribution in [3.8, 4) is 0 Å². The van der Waals surface area contributed by atoms with Crippen LogP contribution in [-0.2, 0) is 4.74 Å². The molecule has 0 bridgehead atoms. The van der Waals surface area contributed by atoms with E-state index < -0.39 is 35.3 Å². The van der Waals surface area contributed by atoms with Gasteiger partial charge in [0, 0.05) is 0 Å². The van der Waals surface area contributed by atoms with Crippen LogP contribution in [0.3, 0.4) is 0 Å². The Hall–Kier alpha value is -1.08. The molecule has 0 amide bonds. The minimum absolute atomic E-state index is 0.169. The summed E-state index contributed by atoms with van der Waals surface area (Å²) in [6, 6.07) is 0. The lowest BCUT2D eigenvalue weighted by Gasteiger charge is -2.57. The quantitative estimate of drug-likeness (QED) is 0.490. The molecule has 0 aromatic rings. The van der Waals surface area contributed by atoms with Gasteiger partial charge in [-0.15, -0.1) is 0 Å². The van der Waals surface area contributed by atoms with Crippen LogP contribution < -0.4 is 0 Å². The second-order valence-electron chi connectivity index (χ2n) is 6.47. The molecular formula is C15H26O6. The Morgan fingerprint density at radius 2 is 1.52 bits per heavy atom. The van der Waals surface area contributed by atoms with Crippen LogP contribution in [0.5, 0.6) is 0 Å². The second kappa shape index (κ2) is 5.61. The highest BCUT2D eigenvalue weighted by molar-refractivity contribution is 5.33. The highest BCUT2D eigenvalue weighted by Gasteiger charge is 2.66. The van der Waals surface area contributed by atoms with Crippen LogP contribution in [-0.4, -0.2) is 55.0 Å². The summed E-state index contributed by atoms with van der Waals surface area (Å²) >= 11 is 0. The van der Waals surface area contributed by atoms with Gasteiger partial charge in [-0.05, 0) is 52.7 Å². The van der Waals surface area contributed by atoms with Gasteiger partial charge in [-0.25, -0.2) is 0 Å². The van der Waals surface area contributed by atoms with Crippen LogP contribution in [0.2, 0.25) is 0 Å². The Labute approximate surface area is 125 Å². The summed E-state index contributed by atoms with van der Waals surface area (Å²) in [4.78, 5) is 0. The SMILES string of the molecule is CC(C)=C(O)[C@@H](O)[C@@H](O)[C@H](O)[C@]1(O)C(=C(C)C)OC1(C)C. The summed E-state index contributed by atoms with van der Waals surface area (Å²) in [7, 11) is 0. The smallest absolute Gasteiger partial charge is 0.189 e. The maximum Gasteiger partial charge on any atom is 0.189 e. The van der Waals surface area contributed by atoms with Crippen LogP contribution in [0, 0.1) is 0 Å². The number of ether oxygens (including phenoxy) is 1. The summed E-state index contributed by atoms with van der Waals surface area (Å²) in [6.07, 6.45) is -5.17. The molecule has 0 spiro atoms. The lowest BCUT2D eigenvalue weighted by molar-refractivity contribution is -0.291. The molecule has 0 aromatic carbocycles. The van der Waals surface area contributed by atoms with E-state index in [0.29, 0.717) is 11.1 Å². The second-order valence-corrected chi connectivity index (χ2v) is 6.47. The first-order valence-corrected chi connectivity index (χ1v) is 6.87. The van der Waals surface area contributed by atoms with E-state index in [2.05, 4.69) is 0 Å². The molecule has 4 atom stereocenters. The van der Waals surface area contributed by atoms with Gasteiger partial charge in [0.05, 0.1) is 0 Å². The first-order valence-electron chi connectivity index (χ1n) is 6.87. The van der Waals surface area contributed by atoms with Gasteiger partial charge in [0.15, 0.2) is 5.60 Å². The van der Waals surface area contributed by atoms with Crippen molar-refractivity contribution in [2.45, 2.75) is 71.1 Å². The van der Waals surface area contributed by atoms with E-state index in [4.69, 9.17) is 4.74 Å². The molecule has 0 unspecified atom stereocenters. The first kappa shape index (κ1) is 18.0. The Kier molecular flexibility index (Phi) is 4.80. The molecule has 122 valence electrons. The summed E-state index contributed by atoms with van der Waals surface area (Å²) in [5, 5.41) is 50.9. The van der Waals surface area contributed by atoms with Crippen molar-refractivity contribution in [1.29, 1.82) is 0 Å². The van der Waals surface area contributed by atoms with E-state index >= 15 is 0 Å². The molecule has 6 nitrogen and oxygen atoms in total. The van der Waals surface area contributed by atoms with E-state index in [1.165, 1.54) is 0 Å². The zero-order valence-electron chi connectivity index (χ0n) is 13.4. The monoisotopic (exact) mass is 302 g/mol. The molecular weight excluding hydrogens is 276 g/mol. The Morgan fingerprint density at radius 1 is 1.05 bits per heavy atom. The number of aliphatic hydroxyl groups excluding tert-OH is 4. The summed E-state index contributed by atoms with van der Waals surface area (Å²) in [6.45, 7) is 9.68. The number of hydrogen-bond acceptors (Lipinski definition) is 6. The third-order valence-electron chi connectivity index (χ3n) is 3.94. The third-order valence-corrected chi connectivity index (χ3v) is 3.94. The molecule has 1 saturated heterocycles. The van der Waals surface area contributed by atoms with Crippen LogP contribution in [0.4, 0.5) is 0 Å². The maximum absolute atomic E-state index is 10.8. The van der Waals surface area contributed by atoms with Crippen LogP contribution in [0.1, 0.15) is 41.5 Å². The van der Waals surface area contributed by atoms with E-state index in [1.807, 2.05) is 0 Å². The van der Waals surface area contributed by atoms with Crippen LogP contribution >= 0.6 is 0 Å². The standard InChI is InChI=1S/C15H26O6/c1-7(2)9(16)10(17)11(18)12(19)15(20)13(8(3)4)21-14(15,5)6/h10-12,16-20H,1-6H3/t10-,11-,12+,15+/m1/s1. The van der Waals surface area contributed by atoms with Gasteiger partial charge in [-0.3, -0.25) is 0 Å². The fourth-order valence-corrected chi connectivity index (χ4v) is 2.49. The molecule has 1 aliphatic heterocycles. The summed E-state index contributed by atoms with van der Waals surface area (Å²) < 4.78 is 5.46. The molecule has 0 aromatic heterocycles. The van der Waals surface area contributed by atoms with Crippen molar-refractivity contribution >= 4 is 0 Å². The molecule has 0 saturated carbocycles. The Balaban J connectivity index is 3.14. The molecule has 1 heterocycles. The minimum Gasteiger partial charge on any atom is -0.510 e. The van der Waals surface area contributed by atoms with Gasteiger partial charge in [0.2, 0.25) is 0 Å². The van der Waals surface area contributed by atoms with Crippen molar-refractivity contribution < 1.29 is 30.3 Å². The van der Waals surface area contributed by atoms with Crippen molar-refractivity contribution in [3.05, 3.63) is 22.7 Å². The normalized spacial score (nSPS) is 28.0. The van der Waals surface area contributed by atoms with E-state index in [-0.39, 0.29) is 5.76 Å². The molecule has 0 aliphatic carbocycles. The fourth-order valence-electron chi connectivity index (χ4n) is 2.49. The topological polar surface area (TPSA) is 110 Å². The van der Waals surface area contributed by atoms with Gasteiger partial charge >= 0.3 is 0 Å². The van der Waals surface area contributed by atoms with Gasteiger partial charge in [0.25, 0.3) is 0 Å². The van der Waals surface area contributed by atoms with Crippen molar-refractivity contribution in [2.75, 3.05) is 0 Å². The van der Waals surface area contributed by atoms with Gasteiger partial charge in [0.1, 0.15) is 35.4 Å². The molecule has 21 heavy (non-hydrogen) atoms. The average Bonchev–Trinajstić information content (AvgIpc) is 2.40. The molecule has 1 rings (SSSR count). The van der Waals surface area contributed by atoms with Gasteiger partial charge in [-0.1, -0.05) is 0 Å². The van der Waals surface area contributed by atoms with Crippen molar-refractivity contribution in [2.24, 2.45) is 0 Å². The zero-order chi connectivity index (χ0) is 16.7. The zero-order valence-corrected chi connectivity index (χ0v) is 13.4. The maximum atomic E-state index is 10.8. The third kappa shape index (κ3) is 2.68. The summed E-state index contributed by atoms with van der Waals surface area (Å²) in [5.74, 6) is -0.259. The van der Waals surface area contributed by atoms with E-state index in [1.54, 1.807) is 41.5 Å². The van der Waals surface area contributed by atoms with Gasteiger partial charge in [-0.2, -0.15) is 0 Å². The number of allylic oxidation sites excluding steroid dienone is 2. The molecule has 0 radical (unpaired) electrons.